The summed E-state index contributed by atoms with van der Waals surface area (Å²) in [5.41, 5.74) is 5.13. The molecule has 1 aromatic rings. The Balaban J connectivity index is 2.09. The standard InChI is InChI=1S/C15H23N3O/c1-2-5-14(15(19)17-16)18-10-8-12-6-3-4-7-13(12)9-11-18/h3-4,6-7,14H,2,5,8-11,16H2,1H3,(H,17,19). The summed E-state index contributed by atoms with van der Waals surface area (Å²) in [5, 5.41) is 0. The lowest BCUT2D eigenvalue weighted by Crippen LogP contribution is -2.49. The monoisotopic (exact) mass is 261 g/mol. The van der Waals surface area contributed by atoms with E-state index in [-0.39, 0.29) is 11.9 Å². The van der Waals surface area contributed by atoms with Crippen LogP contribution in [0.5, 0.6) is 0 Å². The first kappa shape index (κ1) is 14.0. The van der Waals surface area contributed by atoms with Crippen molar-refractivity contribution in [3.8, 4) is 0 Å². The number of carbonyl (C=O) groups is 1. The summed E-state index contributed by atoms with van der Waals surface area (Å²) >= 11 is 0. The van der Waals surface area contributed by atoms with Crippen LogP contribution in [-0.4, -0.2) is 29.9 Å². The summed E-state index contributed by atoms with van der Waals surface area (Å²) in [7, 11) is 0. The van der Waals surface area contributed by atoms with Gasteiger partial charge in [-0.15, -0.1) is 0 Å². The number of carbonyl (C=O) groups excluding carboxylic acids is 1. The Morgan fingerprint density at radius 2 is 1.89 bits per heavy atom. The van der Waals surface area contributed by atoms with Gasteiger partial charge < -0.3 is 0 Å². The molecule has 19 heavy (non-hydrogen) atoms. The molecular weight excluding hydrogens is 238 g/mol. The highest BCUT2D eigenvalue weighted by Gasteiger charge is 2.26. The van der Waals surface area contributed by atoms with E-state index < -0.39 is 0 Å². The number of hydrogen-bond donors (Lipinski definition) is 2. The number of benzene rings is 1. The molecule has 104 valence electrons. The van der Waals surface area contributed by atoms with Gasteiger partial charge >= 0.3 is 0 Å². The molecule has 0 aromatic heterocycles. The number of nitrogens with one attached hydrogen (secondary N) is 1. The highest BCUT2D eigenvalue weighted by molar-refractivity contribution is 5.81. The first-order valence-corrected chi connectivity index (χ1v) is 7.07. The molecule has 4 heteroatoms. The third-order valence-corrected chi connectivity index (χ3v) is 3.90. The van der Waals surface area contributed by atoms with E-state index in [4.69, 9.17) is 5.84 Å². The molecule has 0 aliphatic carbocycles. The van der Waals surface area contributed by atoms with E-state index in [2.05, 4.69) is 41.5 Å². The van der Waals surface area contributed by atoms with Crippen molar-refractivity contribution in [2.75, 3.05) is 13.1 Å². The lowest BCUT2D eigenvalue weighted by atomic mass is 10.0. The number of nitrogens with two attached hydrogens (primary N) is 1. The van der Waals surface area contributed by atoms with Crippen LogP contribution in [0.4, 0.5) is 0 Å². The molecule has 0 radical (unpaired) electrons. The first-order valence-electron chi connectivity index (χ1n) is 7.07. The quantitative estimate of drug-likeness (QED) is 0.487. The van der Waals surface area contributed by atoms with Crippen LogP contribution in [0.25, 0.3) is 0 Å². The van der Waals surface area contributed by atoms with Crippen molar-refractivity contribution in [2.24, 2.45) is 5.84 Å². The molecule has 0 spiro atoms. The Kier molecular flexibility index (Phi) is 4.93. The average Bonchev–Trinajstić information content (AvgIpc) is 2.66. The number of nitrogens with zero attached hydrogens (tertiary/aromatic N) is 1. The van der Waals surface area contributed by atoms with Crippen molar-refractivity contribution in [1.29, 1.82) is 0 Å². The number of hydrazine groups is 1. The van der Waals surface area contributed by atoms with Gasteiger partial charge in [-0.2, -0.15) is 0 Å². The zero-order chi connectivity index (χ0) is 13.7. The van der Waals surface area contributed by atoms with Gasteiger partial charge in [0.1, 0.15) is 0 Å². The smallest absolute Gasteiger partial charge is 0.251 e. The summed E-state index contributed by atoms with van der Waals surface area (Å²) in [4.78, 5) is 14.2. The van der Waals surface area contributed by atoms with Gasteiger partial charge in [0.25, 0.3) is 5.91 Å². The Morgan fingerprint density at radius 1 is 1.32 bits per heavy atom. The van der Waals surface area contributed by atoms with E-state index in [9.17, 15) is 4.79 Å². The van der Waals surface area contributed by atoms with Crippen molar-refractivity contribution in [3.63, 3.8) is 0 Å². The molecule has 1 amide bonds. The van der Waals surface area contributed by atoms with E-state index >= 15 is 0 Å². The molecule has 2 rings (SSSR count). The van der Waals surface area contributed by atoms with Crippen LogP contribution in [0.3, 0.4) is 0 Å². The fraction of sp³-hybridized carbons (Fsp3) is 0.533. The maximum Gasteiger partial charge on any atom is 0.251 e. The first-order chi connectivity index (χ1) is 9.26. The molecule has 1 aromatic carbocycles. The lowest BCUT2D eigenvalue weighted by Gasteiger charge is -2.28. The predicted molar refractivity (Wildman–Crippen MR) is 76.4 cm³/mol. The fourth-order valence-corrected chi connectivity index (χ4v) is 2.85. The predicted octanol–water partition coefficient (Wildman–Crippen LogP) is 1.25. The topological polar surface area (TPSA) is 58.4 Å². The zero-order valence-electron chi connectivity index (χ0n) is 11.6. The molecule has 0 bridgehead atoms. The number of amides is 1. The van der Waals surface area contributed by atoms with Gasteiger partial charge in [0.05, 0.1) is 6.04 Å². The Hall–Kier alpha value is -1.39. The van der Waals surface area contributed by atoms with Gasteiger partial charge in [-0.1, -0.05) is 37.6 Å². The van der Waals surface area contributed by atoms with E-state index in [1.54, 1.807) is 0 Å². The van der Waals surface area contributed by atoms with Gasteiger partial charge in [0.15, 0.2) is 0 Å². The minimum Gasteiger partial charge on any atom is -0.293 e. The highest BCUT2D eigenvalue weighted by Crippen LogP contribution is 2.18. The molecule has 1 aliphatic rings. The number of hydrogen-bond acceptors (Lipinski definition) is 3. The SMILES string of the molecule is CCCC(C(=O)NN)N1CCc2ccccc2CC1. The second-order valence-electron chi connectivity index (χ2n) is 5.12. The third-order valence-electron chi connectivity index (χ3n) is 3.90. The van der Waals surface area contributed by atoms with E-state index in [0.29, 0.717) is 0 Å². The van der Waals surface area contributed by atoms with Gasteiger partial charge in [-0.05, 0) is 30.4 Å². The Morgan fingerprint density at radius 3 is 2.37 bits per heavy atom. The molecule has 0 saturated carbocycles. The summed E-state index contributed by atoms with van der Waals surface area (Å²) < 4.78 is 0. The molecule has 1 atom stereocenters. The summed E-state index contributed by atoms with van der Waals surface area (Å²) in [5.74, 6) is 5.24. The maximum absolute atomic E-state index is 11.9. The van der Waals surface area contributed by atoms with Gasteiger partial charge in [-0.3, -0.25) is 15.1 Å². The molecule has 0 fully saturated rings. The van der Waals surface area contributed by atoms with Crippen LogP contribution in [0.1, 0.15) is 30.9 Å². The summed E-state index contributed by atoms with van der Waals surface area (Å²) in [6, 6.07) is 8.46. The lowest BCUT2D eigenvalue weighted by molar-refractivity contribution is -0.126. The van der Waals surface area contributed by atoms with Crippen molar-refractivity contribution in [1.82, 2.24) is 10.3 Å². The number of fused-ring (bicyclic) bond motifs is 1. The van der Waals surface area contributed by atoms with Crippen molar-refractivity contribution in [2.45, 2.75) is 38.6 Å². The maximum atomic E-state index is 11.9. The Labute approximate surface area is 114 Å². The average molecular weight is 261 g/mol. The largest absolute Gasteiger partial charge is 0.293 e. The van der Waals surface area contributed by atoms with Crippen LogP contribution in [0.2, 0.25) is 0 Å². The third kappa shape index (κ3) is 3.33. The molecular formula is C15H23N3O. The van der Waals surface area contributed by atoms with E-state index in [1.165, 1.54) is 11.1 Å². The minimum atomic E-state index is -0.0932. The van der Waals surface area contributed by atoms with Gasteiger partial charge in [-0.25, -0.2) is 5.84 Å². The Bertz CT molecular complexity index is 406. The van der Waals surface area contributed by atoms with Crippen LogP contribution < -0.4 is 11.3 Å². The van der Waals surface area contributed by atoms with Crippen molar-refractivity contribution >= 4 is 5.91 Å². The van der Waals surface area contributed by atoms with Gasteiger partial charge in [0, 0.05) is 13.1 Å². The van der Waals surface area contributed by atoms with Crippen LogP contribution >= 0.6 is 0 Å². The molecule has 0 saturated heterocycles. The summed E-state index contributed by atoms with van der Waals surface area (Å²) in [6.45, 7) is 3.95. The van der Waals surface area contributed by atoms with Crippen molar-refractivity contribution in [3.05, 3.63) is 35.4 Å². The van der Waals surface area contributed by atoms with E-state index in [0.717, 1.165) is 38.8 Å². The molecule has 1 aliphatic heterocycles. The second-order valence-corrected chi connectivity index (χ2v) is 5.12. The number of rotatable bonds is 4. The van der Waals surface area contributed by atoms with Crippen LogP contribution in [-0.2, 0) is 17.6 Å². The zero-order valence-corrected chi connectivity index (χ0v) is 11.6. The molecule has 1 unspecified atom stereocenters. The molecule has 4 nitrogen and oxygen atoms in total. The van der Waals surface area contributed by atoms with Crippen LogP contribution in [0, 0.1) is 0 Å². The molecule has 1 heterocycles. The normalized spacial score (nSPS) is 17.4. The second kappa shape index (κ2) is 6.68. The van der Waals surface area contributed by atoms with E-state index in [1.807, 2.05) is 0 Å². The van der Waals surface area contributed by atoms with Crippen LogP contribution in [0.15, 0.2) is 24.3 Å². The summed E-state index contributed by atoms with van der Waals surface area (Å²) in [6.07, 6.45) is 3.86. The highest BCUT2D eigenvalue weighted by atomic mass is 16.2. The van der Waals surface area contributed by atoms with Crippen molar-refractivity contribution < 1.29 is 4.79 Å². The fourth-order valence-electron chi connectivity index (χ4n) is 2.85. The minimum absolute atomic E-state index is 0.0622. The van der Waals surface area contributed by atoms with Gasteiger partial charge in [0.2, 0.25) is 0 Å². The molecule has 3 N–H and O–H groups in total.